The topological polar surface area (TPSA) is 54.5 Å². The van der Waals surface area contributed by atoms with E-state index >= 15 is 0 Å². The minimum atomic E-state index is -3.03. The average molecular weight is 247 g/mol. The lowest BCUT2D eigenvalue weighted by atomic mass is 10.2. The van der Waals surface area contributed by atoms with Crippen molar-refractivity contribution < 1.29 is 13.2 Å². The molecule has 0 N–H and O–H groups in total. The SMILES string of the molecule is CC(C)CN(C(=O)CCS(C)(=O)=O)C1CC1. The number of nitrogens with zero attached hydrogens (tertiary/aromatic N) is 1. The fourth-order valence-corrected chi connectivity index (χ4v) is 2.20. The van der Waals surface area contributed by atoms with Gasteiger partial charge in [0, 0.05) is 25.3 Å². The van der Waals surface area contributed by atoms with Crippen LogP contribution in [0.25, 0.3) is 0 Å². The predicted molar refractivity (Wildman–Crippen MR) is 63.9 cm³/mol. The Hall–Kier alpha value is -0.580. The van der Waals surface area contributed by atoms with Gasteiger partial charge in [-0.05, 0) is 18.8 Å². The quantitative estimate of drug-likeness (QED) is 0.705. The number of hydrogen-bond donors (Lipinski definition) is 0. The Bertz CT molecular complexity index is 344. The first-order chi connectivity index (χ1) is 7.29. The van der Waals surface area contributed by atoms with Gasteiger partial charge in [0.25, 0.3) is 0 Å². The van der Waals surface area contributed by atoms with Gasteiger partial charge in [-0.3, -0.25) is 4.79 Å². The average Bonchev–Trinajstić information content (AvgIpc) is 2.92. The Morgan fingerprint density at radius 2 is 1.94 bits per heavy atom. The van der Waals surface area contributed by atoms with Crippen LogP contribution in [-0.4, -0.2) is 43.8 Å². The van der Waals surface area contributed by atoms with Crippen molar-refractivity contribution in [1.82, 2.24) is 4.90 Å². The minimum absolute atomic E-state index is 0.0124. The number of sulfone groups is 1. The van der Waals surface area contributed by atoms with Crippen LogP contribution in [0, 0.1) is 5.92 Å². The molecule has 1 saturated carbocycles. The van der Waals surface area contributed by atoms with Crippen molar-refractivity contribution in [3.05, 3.63) is 0 Å². The van der Waals surface area contributed by atoms with E-state index in [1.54, 1.807) is 0 Å². The second-order valence-corrected chi connectivity index (χ2v) is 7.31. The summed E-state index contributed by atoms with van der Waals surface area (Å²) >= 11 is 0. The summed E-state index contributed by atoms with van der Waals surface area (Å²) in [7, 11) is -3.03. The molecule has 1 amide bonds. The smallest absolute Gasteiger partial charge is 0.223 e. The Kier molecular flexibility index (Phi) is 4.35. The van der Waals surface area contributed by atoms with E-state index in [0.29, 0.717) is 12.0 Å². The zero-order valence-corrected chi connectivity index (χ0v) is 11.1. The van der Waals surface area contributed by atoms with Crippen LogP contribution in [-0.2, 0) is 14.6 Å². The number of carbonyl (C=O) groups excluding carboxylic acids is 1. The normalized spacial score (nSPS) is 16.5. The lowest BCUT2D eigenvalue weighted by Gasteiger charge is -2.24. The zero-order valence-electron chi connectivity index (χ0n) is 10.3. The molecule has 0 saturated heterocycles. The molecule has 0 aromatic carbocycles. The van der Waals surface area contributed by atoms with E-state index in [-0.39, 0.29) is 18.1 Å². The predicted octanol–water partition coefficient (Wildman–Crippen LogP) is 1.07. The van der Waals surface area contributed by atoms with Crippen LogP contribution in [0.3, 0.4) is 0 Å². The summed E-state index contributed by atoms with van der Waals surface area (Å²) < 4.78 is 22.0. The fourth-order valence-electron chi connectivity index (χ4n) is 1.65. The molecule has 5 heteroatoms. The molecule has 0 unspecified atom stereocenters. The Balaban J connectivity index is 2.48. The number of carbonyl (C=O) groups is 1. The van der Waals surface area contributed by atoms with Crippen molar-refractivity contribution in [2.24, 2.45) is 5.92 Å². The molecule has 0 spiro atoms. The molecule has 1 fully saturated rings. The van der Waals surface area contributed by atoms with Crippen molar-refractivity contribution in [3.8, 4) is 0 Å². The van der Waals surface area contributed by atoms with Gasteiger partial charge in [0.2, 0.25) is 5.91 Å². The monoisotopic (exact) mass is 247 g/mol. The van der Waals surface area contributed by atoms with Crippen LogP contribution in [0.4, 0.5) is 0 Å². The van der Waals surface area contributed by atoms with E-state index in [9.17, 15) is 13.2 Å². The van der Waals surface area contributed by atoms with E-state index in [1.807, 2.05) is 4.90 Å². The van der Waals surface area contributed by atoms with Gasteiger partial charge in [-0.1, -0.05) is 13.8 Å². The van der Waals surface area contributed by atoms with Crippen molar-refractivity contribution in [2.75, 3.05) is 18.6 Å². The molecule has 1 aliphatic carbocycles. The van der Waals surface area contributed by atoms with E-state index in [2.05, 4.69) is 13.8 Å². The van der Waals surface area contributed by atoms with Crippen LogP contribution in [0.5, 0.6) is 0 Å². The van der Waals surface area contributed by atoms with Crippen LogP contribution in [0.2, 0.25) is 0 Å². The summed E-state index contributed by atoms with van der Waals surface area (Å²) in [5.41, 5.74) is 0. The Morgan fingerprint density at radius 1 is 1.38 bits per heavy atom. The largest absolute Gasteiger partial charge is 0.339 e. The molecule has 0 atom stereocenters. The highest BCUT2D eigenvalue weighted by Crippen LogP contribution is 2.28. The number of rotatable bonds is 6. The maximum atomic E-state index is 11.9. The first kappa shape index (κ1) is 13.5. The lowest BCUT2D eigenvalue weighted by molar-refractivity contribution is -0.131. The first-order valence-electron chi connectivity index (χ1n) is 5.77. The molecule has 0 radical (unpaired) electrons. The van der Waals surface area contributed by atoms with Gasteiger partial charge in [0.05, 0.1) is 5.75 Å². The second kappa shape index (κ2) is 5.17. The van der Waals surface area contributed by atoms with Crippen molar-refractivity contribution >= 4 is 15.7 Å². The van der Waals surface area contributed by atoms with Gasteiger partial charge in [-0.25, -0.2) is 8.42 Å². The van der Waals surface area contributed by atoms with E-state index in [1.165, 1.54) is 6.26 Å². The maximum Gasteiger partial charge on any atom is 0.223 e. The third kappa shape index (κ3) is 4.96. The van der Waals surface area contributed by atoms with E-state index in [4.69, 9.17) is 0 Å². The fraction of sp³-hybridized carbons (Fsp3) is 0.909. The van der Waals surface area contributed by atoms with Crippen molar-refractivity contribution in [2.45, 2.75) is 39.2 Å². The first-order valence-corrected chi connectivity index (χ1v) is 7.83. The summed E-state index contributed by atoms with van der Waals surface area (Å²) in [6, 6.07) is 0.370. The van der Waals surface area contributed by atoms with E-state index < -0.39 is 9.84 Å². The van der Waals surface area contributed by atoms with Crippen LogP contribution in [0.1, 0.15) is 33.1 Å². The summed E-state index contributed by atoms with van der Waals surface area (Å²) in [4.78, 5) is 13.7. The molecule has 0 bridgehead atoms. The molecular weight excluding hydrogens is 226 g/mol. The highest BCUT2D eigenvalue weighted by atomic mass is 32.2. The minimum Gasteiger partial charge on any atom is -0.339 e. The molecule has 16 heavy (non-hydrogen) atoms. The van der Waals surface area contributed by atoms with Crippen LogP contribution in [0.15, 0.2) is 0 Å². The Labute approximate surface area is 97.9 Å². The molecule has 0 heterocycles. The summed E-state index contributed by atoms with van der Waals surface area (Å²) in [6.45, 7) is 4.88. The van der Waals surface area contributed by atoms with Gasteiger partial charge in [-0.15, -0.1) is 0 Å². The molecule has 0 aromatic rings. The third-order valence-electron chi connectivity index (χ3n) is 2.56. The molecule has 94 valence electrons. The molecule has 4 nitrogen and oxygen atoms in total. The number of hydrogen-bond acceptors (Lipinski definition) is 3. The van der Waals surface area contributed by atoms with Crippen molar-refractivity contribution in [3.63, 3.8) is 0 Å². The molecule has 1 rings (SSSR count). The summed E-state index contributed by atoms with van der Waals surface area (Å²) in [6.07, 6.45) is 3.43. The molecule has 0 aliphatic heterocycles. The van der Waals surface area contributed by atoms with Gasteiger partial charge >= 0.3 is 0 Å². The van der Waals surface area contributed by atoms with Gasteiger partial charge in [-0.2, -0.15) is 0 Å². The molecular formula is C11H21NO3S. The lowest BCUT2D eigenvalue weighted by Crippen LogP contribution is -2.36. The highest BCUT2D eigenvalue weighted by molar-refractivity contribution is 7.90. The van der Waals surface area contributed by atoms with Crippen LogP contribution >= 0.6 is 0 Å². The van der Waals surface area contributed by atoms with Gasteiger partial charge in [0.1, 0.15) is 9.84 Å². The molecule has 1 aliphatic rings. The summed E-state index contributed by atoms with van der Waals surface area (Å²) in [5, 5.41) is 0. The van der Waals surface area contributed by atoms with Crippen LogP contribution < -0.4 is 0 Å². The zero-order chi connectivity index (χ0) is 12.3. The second-order valence-electron chi connectivity index (χ2n) is 5.05. The standard InChI is InChI=1S/C11H21NO3S/c1-9(2)8-12(10-4-5-10)11(13)6-7-16(3,14)15/h9-10H,4-8H2,1-3H3. The van der Waals surface area contributed by atoms with Gasteiger partial charge in [0.15, 0.2) is 0 Å². The van der Waals surface area contributed by atoms with E-state index in [0.717, 1.165) is 19.4 Å². The number of amides is 1. The third-order valence-corrected chi connectivity index (χ3v) is 3.50. The maximum absolute atomic E-state index is 11.9. The molecule has 0 aromatic heterocycles. The highest BCUT2D eigenvalue weighted by Gasteiger charge is 2.32. The Morgan fingerprint density at radius 3 is 2.31 bits per heavy atom. The summed E-state index contributed by atoms with van der Waals surface area (Å²) in [5.74, 6) is 0.386. The van der Waals surface area contributed by atoms with Crippen molar-refractivity contribution in [1.29, 1.82) is 0 Å². The van der Waals surface area contributed by atoms with Gasteiger partial charge < -0.3 is 4.90 Å².